The molecule has 0 unspecified atom stereocenters. The maximum absolute atomic E-state index is 13.7. The van der Waals surface area contributed by atoms with E-state index in [1.807, 2.05) is 30.3 Å². The quantitative estimate of drug-likeness (QED) is 0.760. The molecule has 0 aliphatic carbocycles. The number of ether oxygens (including phenoxy) is 1. The monoisotopic (exact) mass is 433 g/mol. The normalized spacial score (nSPS) is 23.6. The molecule has 2 fully saturated rings. The standard InChI is InChI=1S/C23H28FN3O2.ClH/c1-26-12-18-13-27(14-20(18)23(26)16-7-5-8-19(24)10-16)15-22(28)25-11-17-6-3-4-9-21(17)29-2;/h3-10,18,20,23H,11-15H2,1-2H3,(H,25,28);1H/t18-,20+,23-;/m0./s1. The molecule has 1 N–H and O–H groups in total. The number of likely N-dealkylation sites (tertiary alicyclic amines) is 2. The van der Waals surface area contributed by atoms with Gasteiger partial charge in [0.2, 0.25) is 5.91 Å². The number of benzene rings is 2. The summed E-state index contributed by atoms with van der Waals surface area (Å²) in [5.41, 5.74) is 2.00. The molecule has 4 rings (SSSR count). The average molecular weight is 434 g/mol. The summed E-state index contributed by atoms with van der Waals surface area (Å²) < 4.78 is 19.1. The van der Waals surface area contributed by atoms with E-state index >= 15 is 0 Å². The van der Waals surface area contributed by atoms with Gasteiger partial charge in [0.25, 0.3) is 0 Å². The van der Waals surface area contributed by atoms with Crippen LogP contribution >= 0.6 is 12.4 Å². The van der Waals surface area contributed by atoms with Crippen molar-refractivity contribution in [3.63, 3.8) is 0 Å². The van der Waals surface area contributed by atoms with Crippen LogP contribution in [0.1, 0.15) is 17.2 Å². The van der Waals surface area contributed by atoms with E-state index in [1.165, 1.54) is 6.07 Å². The molecule has 2 aromatic carbocycles. The largest absolute Gasteiger partial charge is 0.496 e. The lowest BCUT2D eigenvalue weighted by atomic mass is 9.89. The Morgan fingerprint density at radius 3 is 2.73 bits per heavy atom. The van der Waals surface area contributed by atoms with Crippen molar-refractivity contribution < 1.29 is 13.9 Å². The molecule has 5 nitrogen and oxygen atoms in total. The molecule has 7 heteroatoms. The fourth-order valence-electron chi connectivity index (χ4n) is 4.97. The fraction of sp³-hybridized carbons (Fsp3) is 0.435. The Morgan fingerprint density at radius 1 is 1.17 bits per heavy atom. The first-order chi connectivity index (χ1) is 14.0. The minimum atomic E-state index is -0.190. The van der Waals surface area contributed by atoms with Crippen LogP contribution in [0.2, 0.25) is 0 Å². The molecular weight excluding hydrogens is 405 g/mol. The molecule has 3 atom stereocenters. The Morgan fingerprint density at radius 2 is 1.97 bits per heavy atom. The SMILES string of the molecule is COc1ccccc1CNC(=O)CN1C[C@@H]2CN(C)[C@@H](c3cccc(F)c3)[C@@H]2C1.Cl. The van der Waals surface area contributed by atoms with Crippen molar-refractivity contribution in [1.29, 1.82) is 0 Å². The van der Waals surface area contributed by atoms with Crippen molar-refractivity contribution in [2.75, 3.05) is 40.3 Å². The second-order valence-corrected chi connectivity index (χ2v) is 8.15. The lowest BCUT2D eigenvalue weighted by Crippen LogP contribution is -2.37. The third-order valence-electron chi connectivity index (χ3n) is 6.20. The van der Waals surface area contributed by atoms with Crippen LogP contribution in [0.4, 0.5) is 4.39 Å². The van der Waals surface area contributed by atoms with Gasteiger partial charge in [0.15, 0.2) is 0 Å². The number of hydrogen-bond acceptors (Lipinski definition) is 4. The van der Waals surface area contributed by atoms with Crippen LogP contribution in [-0.2, 0) is 11.3 Å². The first-order valence-electron chi connectivity index (χ1n) is 10.1. The third kappa shape index (κ3) is 4.77. The Kier molecular flexibility index (Phi) is 7.34. The van der Waals surface area contributed by atoms with E-state index in [-0.39, 0.29) is 30.2 Å². The van der Waals surface area contributed by atoms with Gasteiger partial charge in [-0.05, 0) is 42.6 Å². The molecular formula is C23H29ClFN3O2. The first kappa shape index (κ1) is 22.5. The van der Waals surface area contributed by atoms with Gasteiger partial charge in [-0.25, -0.2) is 4.39 Å². The molecule has 0 bridgehead atoms. The van der Waals surface area contributed by atoms with Gasteiger partial charge >= 0.3 is 0 Å². The summed E-state index contributed by atoms with van der Waals surface area (Å²) in [4.78, 5) is 17.0. The van der Waals surface area contributed by atoms with Gasteiger partial charge in [0.05, 0.1) is 13.7 Å². The van der Waals surface area contributed by atoms with Crippen LogP contribution in [0, 0.1) is 17.7 Å². The fourth-order valence-corrected chi connectivity index (χ4v) is 4.97. The van der Waals surface area contributed by atoms with Crippen LogP contribution in [0.3, 0.4) is 0 Å². The van der Waals surface area contributed by atoms with Gasteiger partial charge in [-0.3, -0.25) is 14.6 Å². The van der Waals surface area contributed by atoms with Gasteiger partial charge < -0.3 is 10.1 Å². The summed E-state index contributed by atoms with van der Waals surface area (Å²) in [6.07, 6.45) is 0. The molecule has 2 aliphatic heterocycles. The van der Waals surface area contributed by atoms with E-state index in [0.29, 0.717) is 24.9 Å². The van der Waals surface area contributed by atoms with Crippen LogP contribution in [0.5, 0.6) is 5.75 Å². The van der Waals surface area contributed by atoms with E-state index in [1.54, 1.807) is 19.2 Å². The van der Waals surface area contributed by atoms with Crippen molar-refractivity contribution >= 4 is 18.3 Å². The van der Waals surface area contributed by atoms with Crippen molar-refractivity contribution in [2.24, 2.45) is 11.8 Å². The Balaban J connectivity index is 0.00000256. The van der Waals surface area contributed by atoms with Crippen LogP contribution in [0.15, 0.2) is 48.5 Å². The molecule has 0 radical (unpaired) electrons. The summed E-state index contributed by atoms with van der Waals surface area (Å²) in [5, 5.41) is 3.00. The van der Waals surface area contributed by atoms with Crippen molar-refractivity contribution in [2.45, 2.75) is 12.6 Å². The molecule has 0 saturated carbocycles. The van der Waals surface area contributed by atoms with E-state index in [4.69, 9.17) is 4.74 Å². The number of fused-ring (bicyclic) bond motifs is 1. The summed E-state index contributed by atoms with van der Waals surface area (Å²) in [6, 6.07) is 14.8. The minimum Gasteiger partial charge on any atom is -0.496 e. The summed E-state index contributed by atoms with van der Waals surface area (Å²) in [6.45, 7) is 3.59. The summed E-state index contributed by atoms with van der Waals surface area (Å²) in [7, 11) is 3.74. The molecule has 2 heterocycles. The van der Waals surface area contributed by atoms with E-state index in [0.717, 1.165) is 36.5 Å². The van der Waals surface area contributed by atoms with Crippen molar-refractivity contribution in [3.05, 3.63) is 65.5 Å². The number of amides is 1. The maximum Gasteiger partial charge on any atom is 0.234 e. The zero-order chi connectivity index (χ0) is 20.4. The van der Waals surface area contributed by atoms with Gasteiger partial charge in [-0.1, -0.05) is 30.3 Å². The minimum absolute atomic E-state index is 0. The highest BCUT2D eigenvalue weighted by Crippen LogP contribution is 2.43. The molecule has 1 amide bonds. The van der Waals surface area contributed by atoms with Crippen LogP contribution in [0.25, 0.3) is 0 Å². The molecule has 2 aliphatic rings. The Labute approximate surface area is 183 Å². The van der Waals surface area contributed by atoms with Gasteiger partial charge in [-0.15, -0.1) is 12.4 Å². The number of nitrogens with one attached hydrogen (secondary N) is 1. The zero-order valence-electron chi connectivity index (χ0n) is 17.4. The molecule has 0 aromatic heterocycles. The predicted molar refractivity (Wildman–Crippen MR) is 117 cm³/mol. The molecule has 162 valence electrons. The topological polar surface area (TPSA) is 44.8 Å². The van der Waals surface area contributed by atoms with Gasteiger partial charge in [0.1, 0.15) is 11.6 Å². The second kappa shape index (κ2) is 9.77. The second-order valence-electron chi connectivity index (χ2n) is 8.15. The van der Waals surface area contributed by atoms with Gasteiger partial charge in [-0.2, -0.15) is 0 Å². The molecule has 0 spiro atoms. The maximum atomic E-state index is 13.7. The summed E-state index contributed by atoms with van der Waals surface area (Å²) >= 11 is 0. The molecule has 2 aromatic rings. The highest BCUT2D eigenvalue weighted by atomic mass is 35.5. The molecule has 30 heavy (non-hydrogen) atoms. The van der Waals surface area contributed by atoms with E-state index in [2.05, 4.69) is 22.2 Å². The van der Waals surface area contributed by atoms with E-state index in [9.17, 15) is 9.18 Å². The highest BCUT2D eigenvalue weighted by Gasteiger charge is 2.46. The number of carbonyl (C=O) groups is 1. The Bertz CT molecular complexity index is 881. The highest BCUT2D eigenvalue weighted by molar-refractivity contribution is 5.85. The first-order valence-corrected chi connectivity index (χ1v) is 10.1. The predicted octanol–water partition coefficient (Wildman–Crippen LogP) is 3.11. The molecule has 2 saturated heterocycles. The number of halogens is 2. The summed E-state index contributed by atoms with van der Waals surface area (Å²) in [5.74, 6) is 1.54. The average Bonchev–Trinajstić information content (AvgIpc) is 3.21. The lowest BCUT2D eigenvalue weighted by Gasteiger charge is -2.26. The number of hydrogen-bond donors (Lipinski definition) is 1. The number of nitrogens with zero attached hydrogens (tertiary/aromatic N) is 2. The van der Waals surface area contributed by atoms with Crippen LogP contribution in [-0.4, -0.2) is 56.0 Å². The van der Waals surface area contributed by atoms with Crippen molar-refractivity contribution in [1.82, 2.24) is 15.1 Å². The zero-order valence-corrected chi connectivity index (χ0v) is 18.2. The number of rotatable bonds is 6. The third-order valence-corrected chi connectivity index (χ3v) is 6.20. The van der Waals surface area contributed by atoms with Crippen molar-refractivity contribution in [3.8, 4) is 5.75 Å². The number of carbonyl (C=O) groups excluding carboxylic acids is 1. The Hall–Kier alpha value is -2.15. The number of methoxy groups -OCH3 is 1. The van der Waals surface area contributed by atoms with E-state index < -0.39 is 0 Å². The smallest absolute Gasteiger partial charge is 0.234 e. The number of para-hydroxylation sites is 1. The van der Waals surface area contributed by atoms with Crippen LogP contribution < -0.4 is 10.1 Å². The lowest BCUT2D eigenvalue weighted by molar-refractivity contribution is -0.122. The van der Waals surface area contributed by atoms with Gasteiger partial charge in [0, 0.05) is 37.8 Å².